The van der Waals surface area contributed by atoms with Crippen LogP contribution >= 0.6 is 11.6 Å². The summed E-state index contributed by atoms with van der Waals surface area (Å²) in [5.74, 6) is -0.647. The van der Waals surface area contributed by atoms with Crippen molar-refractivity contribution in [2.24, 2.45) is 7.05 Å². The molecule has 4 nitrogen and oxygen atoms in total. The Balaban J connectivity index is 1.92. The number of halogens is 2. The Morgan fingerprint density at radius 3 is 2.85 bits per heavy atom. The Labute approximate surface area is 121 Å². The van der Waals surface area contributed by atoms with Crippen molar-refractivity contribution in [1.29, 1.82) is 0 Å². The zero-order chi connectivity index (χ0) is 14.7. The van der Waals surface area contributed by atoms with Crippen LogP contribution in [-0.4, -0.2) is 15.7 Å². The topological polar surface area (TPSA) is 46.9 Å². The van der Waals surface area contributed by atoms with Gasteiger partial charge in [-0.15, -0.1) is 0 Å². The zero-order valence-corrected chi connectivity index (χ0v) is 12.0. The molecular formula is C14H15ClFN3O. The molecule has 0 aliphatic heterocycles. The van der Waals surface area contributed by atoms with Crippen molar-refractivity contribution >= 4 is 23.2 Å². The van der Waals surface area contributed by atoms with Gasteiger partial charge in [0.1, 0.15) is 5.82 Å². The van der Waals surface area contributed by atoms with E-state index < -0.39 is 5.82 Å². The maximum absolute atomic E-state index is 13.0. The number of nitrogens with zero attached hydrogens (tertiary/aromatic N) is 2. The van der Waals surface area contributed by atoms with E-state index in [0.717, 1.165) is 11.3 Å². The number of aromatic nitrogens is 2. The first kappa shape index (κ1) is 14.5. The van der Waals surface area contributed by atoms with E-state index in [4.69, 9.17) is 11.6 Å². The van der Waals surface area contributed by atoms with Gasteiger partial charge in [0.05, 0.1) is 11.2 Å². The molecule has 1 aromatic heterocycles. The molecule has 6 heteroatoms. The maximum atomic E-state index is 13.0. The number of amides is 1. The first-order valence-corrected chi connectivity index (χ1v) is 6.57. The van der Waals surface area contributed by atoms with E-state index in [1.54, 1.807) is 10.9 Å². The van der Waals surface area contributed by atoms with Gasteiger partial charge in [0.15, 0.2) is 0 Å². The van der Waals surface area contributed by atoms with Gasteiger partial charge < -0.3 is 5.32 Å². The fourth-order valence-corrected chi connectivity index (χ4v) is 2.02. The van der Waals surface area contributed by atoms with E-state index in [2.05, 4.69) is 10.4 Å². The first-order chi connectivity index (χ1) is 9.47. The van der Waals surface area contributed by atoms with Gasteiger partial charge >= 0.3 is 0 Å². The molecule has 2 aromatic rings. The summed E-state index contributed by atoms with van der Waals surface area (Å²) >= 11 is 5.66. The molecule has 1 N–H and O–H groups in total. The molecule has 0 radical (unpaired) electrons. The summed E-state index contributed by atoms with van der Waals surface area (Å²) in [6.07, 6.45) is 2.71. The van der Waals surface area contributed by atoms with E-state index in [1.165, 1.54) is 18.2 Å². The predicted octanol–water partition coefficient (Wildman–Crippen LogP) is 3.09. The van der Waals surface area contributed by atoms with Crippen LogP contribution in [0.25, 0.3) is 0 Å². The molecule has 0 atom stereocenters. The van der Waals surface area contributed by atoms with Crippen molar-refractivity contribution in [2.45, 2.75) is 19.8 Å². The zero-order valence-electron chi connectivity index (χ0n) is 11.3. The molecule has 0 saturated heterocycles. The molecule has 0 unspecified atom stereocenters. The van der Waals surface area contributed by atoms with Gasteiger partial charge in [0.2, 0.25) is 5.91 Å². The van der Waals surface area contributed by atoms with Gasteiger partial charge in [-0.2, -0.15) is 5.10 Å². The minimum Gasteiger partial charge on any atom is -0.326 e. The Kier molecular flexibility index (Phi) is 4.39. The predicted molar refractivity (Wildman–Crippen MR) is 76.3 cm³/mol. The van der Waals surface area contributed by atoms with Gasteiger partial charge in [-0.1, -0.05) is 11.6 Å². The van der Waals surface area contributed by atoms with Crippen LogP contribution in [0.5, 0.6) is 0 Å². The number of anilines is 1. The second kappa shape index (κ2) is 6.05. The van der Waals surface area contributed by atoms with Crippen molar-refractivity contribution in [1.82, 2.24) is 9.78 Å². The summed E-state index contributed by atoms with van der Waals surface area (Å²) in [6.45, 7) is 1.96. The third kappa shape index (κ3) is 3.36. The summed E-state index contributed by atoms with van der Waals surface area (Å²) in [4.78, 5) is 11.8. The Bertz CT molecular complexity index is 639. The Hall–Kier alpha value is -1.88. The number of rotatable bonds is 4. The molecule has 2 rings (SSSR count). The number of hydrogen-bond donors (Lipinski definition) is 1. The number of nitrogens with one attached hydrogen (secondary N) is 1. The van der Waals surface area contributed by atoms with Crippen LogP contribution in [0, 0.1) is 12.7 Å². The van der Waals surface area contributed by atoms with Crippen LogP contribution in [0.4, 0.5) is 10.1 Å². The number of carbonyl (C=O) groups excluding carboxylic acids is 1. The molecule has 0 bridgehead atoms. The highest BCUT2D eigenvalue weighted by atomic mass is 35.5. The van der Waals surface area contributed by atoms with Crippen LogP contribution < -0.4 is 5.32 Å². The van der Waals surface area contributed by atoms with Crippen molar-refractivity contribution < 1.29 is 9.18 Å². The minimum atomic E-state index is -0.504. The Morgan fingerprint density at radius 2 is 2.25 bits per heavy atom. The number of benzene rings is 1. The fraction of sp³-hybridized carbons (Fsp3) is 0.286. The molecule has 1 aromatic carbocycles. The van der Waals surface area contributed by atoms with Gasteiger partial charge in [0.25, 0.3) is 0 Å². The SMILES string of the molecule is Cc1c(CCC(=O)Nc2ccc(F)c(Cl)c2)cnn1C. The quantitative estimate of drug-likeness (QED) is 0.942. The summed E-state index contributed by atoms with van der Waals surface area (Å²) < 4.78 is 14.8. The van der Waals surface area contributed by atoms with Crippen LogP contribution in [0.15, 0.2) is 24.4 Å². The van der Waals surface area contributed by atoms with E-state index >= 15 is 0 Å². The second-order valence-corrected chi connectivity index (χ2v) is 4.96. The van der Waals surface area contributed by atoms with E-state index in [9.17, 15) is 9.18 Å². The molecule has 0 saturated carbocycles. The molecule has 20 heavy (non-hydrogen) atoms. The maximum Gasteiger partial charge on any atom is 0.224 e. The fourth-order valence-electron chi connectivity index (χ4n) is 1.84. The van der Waals surface area contributed by atoms with E-state index in [0.29, 0.717) is 18.5 Å². The molecule has 0 spiro atoms. The minimum absolute atomic E-state index is 0.00842. The molecule has 0 aliphatic rings. The lowest BCUT2D eigenvalue weighted by Crippen LogP contribution is -2.12. The molecule has 1 amide bonds. The monoisotopic (exact) mass is 295 g/mol. The largest absolute Gasteiger partial charge is 0.326 e. The first-order valence-electron chi connectivity index (χ1n) is 6.19. The lowest BCUT2D eigenvalue weighted by Gasteiger charge is -2.06. The standard InChI is InChI=1S/C14H15ClFN3O/c1-9-10(8-17-19(9)2)3-6-14(20)18-11-4-5-13(16)12(15)7-11/h4-5,7-8H,3,6H2,1-2H3,(H,18,20). The summed E-state index contributed by atoms with van der Waals surface area (Å²) in [7, 11) is 1.86. The van der Waals surface area contributed by atoms with Crippen LogP contribution in [0.3, 0.4) is 0 Å². The summed E-state index contributed by atoms with van der Waals surface area (Å²) in [6, 6.07) is 4.10. The lowest BCUT2D eigenvalue weighted by atomic mass is 10.1. The van der Waals surface area contributed by atoms with Crippen LogP contribution in [0.1, 0.15) is 17.7 Å². The average Bonchev–Trinajstić information content (AvgIpc) is 2.72. The smallest absolute Gasteiger partial charge is 0.224 e. The molecule has 106 valence electrons. The van der Waals surface area contributed by atoms with Crippen LogP contribution in [0.2, 0.25) is 5.02 Å². The molecule has 1 heterocycles. The third-order valence-corrected chi connectivity index (χ3v) is 3.45. The number of aryl methyl sites for hydroxylation is 2. The summed E-state index contributed by atoms with van der Waals surface area (Å²) in [5, 5.41) is 6.81. The average molecular weight is 296 g/mol. The van der Waals surface area contributed by atoms with E-state index in [1.807, 2.05) is 14.0 Å². The van der Waals surface area contributed by atoms with Crippen molar-refractivity contribution in [3.05, 3.63) is 46.5 Å². The third-order valence-electron chi connectivity index (χ3n) is 3.16. The second-order valence-electron chi connectivity index (χ2n) is 4.56. The highest BCUT2D eigenvalue weighted by molar-refractivity contribution is 6.31. The van der Waals surface area contributed by atoms with Crippen molar-refractivity contribution in [3.8, 4) is 0 Å². The van der Waals surface area contributed by atoms with Gasteiger partial charge in [0, 0.05) is 24.8 Å². The van der Waals surface area contributed by atoms with Crippen molar-refractivity contribution in [3.63, 3.8) is 0 Å². The molecule has 0 fully saturated rings. The molecular weight excluding hydrogens is 281 g/mol. The normalized spacial score (nSPS) is 10.6. The summed E-state index contributed by atoms with van der Waals surface area (Å²) in [5.41, 5.74) is 2.58. The van der Waals surface area contributed by atoms with Gasteiger partial charge in [-0.3, -0.25) is 9.48 Å². The number of hydrogen-bond acceptors (Lipinski definition) is 2. The van der Waals surface area contributed by atoms with E-state index in [-0.39, 0.29) is 10.9 Å². The number of carbonyl (C=O) groups is 1. The van der Waals surface area contributed by atoms with Crippen LogP contribution in [-0.2, 0) is 18.3 Å². The van der Waals surface area contributed by atoms with Crippen molar-refractivity contribution in [2.75, 3.05) is 5.32 Å². The molecule has 0 aliphatic carbocycles. The van der Waals surface area contributed by atoms with Gasteiger partial charge in [-0.25, -0.2) is 4.39 Å². The highest BCUT2D eigenvalue weighted by Crippen LogP contribution is 2.19. The Morgan fingerprint density at radius 1 is 1.50 bits per heavy atom. The lowest BCUT2D eigenvalue weighted by molar-refractivity contribution is -0.116. The highest BCUT2D eigenvalue weighted by Gasteiger charge is 2.08. The van der Waals surface area contributed by atoms with Gasteiger partial charge in [-0.05, 0) is 37.1 Å².